The van der Waals surface area contributed by atoms with Gasteiger partial charge in [-0.3, -0.25) is 0 Å². The lowest BCUT2D eigenvalue weighted by molar-refractivity contribution is -0.325. The van der Waals surface area contributed by atoms with Crippen LogP contribution in [0.25, 0.3) is 0 Å². The van der Waals surface area contributed by atoms with E-state index in [1.807, 2.05) is 0 Å². The van der Waals surface area contributed by atoms with E-state index in [9.17, 15) is 34.8 Å². The van der Waals surface area contributed by atoms with Crippen molar-refractivity contribution in [2.75, 3.05) is 12.0 Å². The molecule has 22 heavy (non-hydrogen) atoms. The zero-order valence-electron chi connectivity index (χ0n) is 11.4. The van der Waals surface area contributed by atoms with E-state index in [-0.39, 0.29) is 16.7 Å². The Morgan fingerprint density at radius 1 is 0.955 bits per heavy atom. The summed E-state index contributed by atoms with van der Waals surface area (Å²) in [4.78, 5) is 0.0541. The predicted octanol–water partition coefficient (Wildman–Crippen LogP) is 4.31. The molecule has 0 N–H and O–H groups in total. The van der Waals surface area contributed by atoms with E-state index < -0.39 is 33.4 Å². The van der Waals surface area contributed by atoms with Crippen LogP contribution < -0.4 is 0 Å². The van der Waals surface area contributed by atoms with Crippen molar-refractivity contribution < 1.29 is 34.8 Å². The molecule has 0 fully saturated rings. The number of hydrogen-bond donors (Lipinski definition) is 0. The molecule has 0 unspecified atom stereocenters. The van der Waals surface area contributed by atoms with Gasteiger partial charge in [0, 0.05) is 16.9 Å². The Balaban J connectivity index is 2.96. The first-order valence-electron chi connectivity index (χ1n) is 5.75. The Labute approximate surface area is 127 Å². The number of halogens is 6. The number of sulfone groups is 1. The van der Waals surface area contributed by atoms with Gasteiger partial charge in [-0.15, -0.1) is 11.8 Å². The summed E-state index contributed by atoms with van der Waals surface area (Å²) in [5.41, 5.74) is -3.85. The average Bonchev–Trinajstić information content (AvgIpc) is 2.32. The molecule has 0 heterocycles. The third-order valence-corrected chi connectivity index (χ3v) is 5.49. The fourth-order valence-corrected chi connectivity index (χ4v) is 3.08. The summed E-state index contributed by atoms with van der Waals surface area (Å²) in [7, 11) is -3.48. The van der Waals surface area contributed by atoms with E-state index in [4.69, 9.17) is 0 Å². The monoisotopic (exact) mass is 366 g/mol. The number of rotatable bonds is 4. The highest BCUT2D eigenvalue weighted by Crippen LogP contribution is 2.52. The minimum absolute atomic E-state index is 0.0637. The maximum atomic E-state index is 12.7. The van der Waals surface area contributed by atoms with E-state index >= 15 is 0 Å². The van der Waals surface area contributed by atoms with Gasteiger partial charge in [-0.25, -0.2) is 8.42 Å². The zero-order valence-corrected chi connectivity index (χ0v) is 13.1. The summed E-state index contributed by atoms with van der Waals surface area (Å²) in [5, 5.41) is 0. The van der Waals surface area contributed by atoms with Crippen molar-refractivity contribution in [1.82, 2.24) is 0 Å². The third-order valence-electron chi connectivity index (χ3n) is 3.03. The van der Waals surface area contributed by atoms with Gasteiger partial charge in [-0.1, -0.05) is 0 Å². The van der Waals surface area contributed by atoms with Gasteiger partial charge in [0.15, 0.2) is 15.3 Å². The molecule has 0 atom stereocenters. The molecule has 0 saturated heterocycles. The SMILES string of the molecule is CC(CSc1ccc(S(C)(=O)=O)cc1)(C(F)(F)F)C(F)(F)F. The molecule has 2 nitrogen and oxygen atoms in total. The van der Waals surface area contributed by atoms with Gasteiger partial charge in [0.1, 0.15) is 0 Å². The standard InChI is InChI=1S/C12H12F6O2S2/c1-10(11(13,14)15,12(16,17)18)7-21-8-3-5-9(6-4-8)22(2,19)20/h3-6H,7H2,1-2H3. The molecule has 0 radical (unpaired) electrons. The van der Waals surface area contributed by atoms with Crippen LogP contribution >= 0.6 is 11.8 Å². The summed E-state index contributed by atoms with van der Waals surface area (Å²) in [6.45, 7) is 0.102. The average molecular weight is 366 g/mol. The van der Waals surface area contributed by atoms with Gasteiger partial charge in [0.05, 0.1) is 4.90 Å². The summed E-state index contributed by atoms with van der Waals surface area (Å²) >= 11 is 0.366. The summed E-state index contributed by atoms with van der Waals surface area (Å²) < 4.78 is 98.7. The Morgan fingerprint density at radius 2 is 1.36 bits per heavy atom. The van der Waals surface area contributed by atoms with Crippen LogP contribution in [0, 0.1) is 5.41 Å². The highest BCUT2D eigenvalue weighted by Gasteiger charge is 2.67. The second-order valence-electron chi connectivity index (χ2n) is 4.86. The molecule has 126 valence electrons. The lowest BCUT2D eigenvalue weighted by Gasteiger charge is -2.33. The van der Waals surface area contributed by atoms with E-state index in [1.54, 1.807) is 0 Å². The lowest BCUT2D eigenvalue weighted by atomic mass is 9.92. The molecule has 0 bridgehead atoms. The van der Waals surface area contributed by atoms with Gasteiger partial charge >= 0.3 is 12.4 Å². The molecule has 1 aromatic rings. The van der Waals surface area contributed by atoms with Crippen molar-refractivity contribution in [3.63, 3.8) is 0 Å². The Hall–Kier alpha value is -0.900. The van der Waals surface area contributed by atoms with Crippen molar-refractivity contribution in [1.29, 1.82) is 0 Å². The first-order valence-corrected chi connectivity index (χ1v) is 8.62. The van der Waals surface area contributed by atoms with E-state index in [0.717, 1.165) is 18.4 Å². The van der Waals surface area contributed by atoms with Crippen molar-refractivity contribution in [2.24, 2.45) is 5.41 Å². The first kappa shape index (κ1) is 19.1. The fourth-order valence-electron chi connectivity index (χ4n) is 1.34. The van der Waals surface area contributed by atoms with Gasteiger partial charge in [0.25, 0.3) is 0 Å². The first-order chi connectivity index (χ1) is 9.68. The Kier molecular flexibility index (Phi) is 5.18. The highest BCUT2D eigenvalue weighted by molar-refractivity contribution is 7.99. The normalized spacial score (nSPS) is 14.2. The van der Waals surface area contributed by atoms with E-state index in [1.165, 1.54) is 12.1 Å². The second kappa shape index (κ2) is 5.95. The highest BCUT2D eigenvalue weighted by atomic mass is 32.2. The molecule has 10 heteroatoms. The predicted molar refractivity (Wildman–Crippen MR) is 70.5 cm³/mol. The number of hydrogen-bond acceptors (Lipinski definition) is 3. The van der Waals surface area contributed by atoms with Crippen LogP contribution in [0.5, 0.6) is 0 Å². The summed E-state index contributed by atoms with van der Waals surface area (Å²) in [6.07, 6.45) is -9.94. The van der Waals surface area contributed by atoms with Crippen LogP contribution in [-0.2, 0) is 9.84 Å². The number of alkyl halides is 6. The van der Waals surface area contributed by atoms with Crippen LogP contribution in [0.4, 0.5) is 26.3 Å². The lowest BCUT2D eigenvalue weighted by Crippen LogP contribution is -2.49. The van der Waals surface area contributed by atoms with Crippen LogP contribution in [-0.4, -0.2) is 32.8 Å². The van der Waals surface area contributed by atoms with Crippen LogP contribution in [0.2, 0.25) is 0 Å². The molecule has 0 aromatic heterocycles. The maximum absolute atomic E-state index is 12.7. The van der Waals surface area contributed by atoms with Gasteiger partial charge in [-0.05, 0) is 31.2 Å². The molecule has 0 saturated carbocycles. The zero-order chi connectivity index (χ0) is 17.4. The topological polar surface area (TPSA) is 34.1 Å². The largest absolute Gasteiger partial charge is 0.403 e. The van der Waals surface area contributed by atoms with E-state index in [0.29, 0.717) is 11.8 Å². The number of benzene rings is 1. The quantitative estimate of drug-likeness (QED) is 0.588. The molecule has 0 aliphatic rings. The molecular formula is C12H12F6O2S2. The van der Waals surface area contributed by atoms with Gasteiger partial charge in [-0.2, -0.15) is 26.3 Å². The smallest absolute Gasteiger partial charge is 0.224 e. The van der Waals surface area contributed by atoms with Crippen molar-refractivity contribution in [3.8, 4) is 0 Å². The maximum Gasteiger partial charge on any atom is 0.403 e. The van der Waals surface area contributed by atoms with Crippen molar-refractivity contribution in [2.45, 2.75) is 29.1 Å². The molecule has 0 amide bonds. The Bertz CT molecular complexity index is 603. The molecule has 1 rings (SSSR count). The van der Waals surface area contributed by atoms with Crippen LogP contribution in [0.15, 0.2) is 34.1 Å². The van der Waals surface area contributed by atoms with Crippen molar-refractivity contribution in [3.05, 3.63) is 24.3 Å². The minimum Gasteiger partial charge on any atom is -0.224 e. The second-order valence-corrected chi connectivity index (χ2v) is 7.92. The van der Waals surface area contributed by atoms with Gasteiger partial charge in [0.2, 0.25) is 0 Å². The Morgan fingerprint density at radius 3 is 1.68 bits per heavy atom. The van der Waals surface area contributed by atoms with E-state index in [2.05, 4.69) is 0 Å². The molecule has 0 aliphatic carbocycles. The minimum atomic E-state index is -5.44. The molecular weight excluding hydrogens is 354 g/mol. The molecule has 0 spiro atoms. The third kappa shape index (κ3) is 4.09. The van der Waals surface area contributed by atoms with Crippen molar-refractivity contribution >= 4 is 21.6 Å². The molecule has 1 aromatic carbocycles. The summed E-state index contributed by atoms with van der Waals surface area (Å²) in [6, 6.07) is 4.62. The number of thioether (sulfide) groups is 1. The summed E-state index contributed by atoms with van der Waals surface area (Å²) in [5.74, 6) is -1.25. The molecule has 0 aliphatic heterocycles. The van der Waals surface area contributed by atoms with Crippen LogP contribution in [0.3, 0.4) is 0 Å². The van der Waals surface area contributed by atoms with Crippen LogP contribution in [0.1, 0.15) is 6.92 Å². The van der Waals surface area contributed by atoms with Gasteiger partial charge < -0.3 is 0 Å². The fraction of sp³-hybridized carbons (Fsp3) is 0.500.